The smallest absolute Gasteiger partial charge is 0.272 e. The molecule has 0 bridgehead atoms. The average molecular weight is 444 g/mol. The van der Waals surface area contributed by atoms with Gasteiger partial charge in [-0.2, -0.15) is 0 Å². The van der Waals surface area contributed by atoms with E-state index in [4.69, 9.17) is 17.0 Å². The number of ether oxygens (including phenoxy) is 1. The number of H-pyrrole nitrogens is 1. The van der Waals surface area contributed by atoms with Gasteiger partial charge in [-0.3, -0.25) is 14.2 Å². The van der Waals surface area contributed by atoms with Crippen LogP contribution >= 0.6 is 23.6 Å². The summed E-state index contributed by atoms with van der Waals surface area (Å²) in [6.45, 7) is 1.11. The largest absolute Gasteiger partial charge is 0.497 e. The van der Waals surface area contributed by atoms with Crippen molar-refractivity contribution in [2.24, 2.45) is 11.8 Å². The maximum absolute atomic E-state index is 12.7. The standard InChI is InChI=1S/C22H25N3O3S2/c1-28-17-4-2-3-15(11-17)12-23-20(26)16-7-5-14(6-8-16)13-25-21(27)19-18(9-10-30-19)24-22(25)29/h2-4,9-11,14,16H,5-8,12-13H2,1H3,(H,23,26)(H,24,29). The lowest BCUT2D eigenvalue weighted by molar-refractivity contribution is -0.126. The van der Waals surface area contributed by atoms with Crippen molar-refractivity contribution in [3.8, 4) is 5.75 Å². The number of rotatable bonds is 6. The predicted molar refractivity (Wildman–Crippen MR) is 122 cm³/mol. The summed E-state index contributed by atoms with van der Waals surface area (Å²) < 4.78 is 8.10. The first-order valence-electron chi connectivity index (χ1n) is 10.2. The van der Waals surface area contributed by atoms with Gasteiger partial charge in [-0.1, -0.05) is 12.1 Å². The number of nitrogens with one attached hydrogen (secondary N) is 2. The molecule has 2 aromatic heterocycles. The molecule has 158 valence electrons. The lowest BCUT2D eigenvalue weighted by Crippen LogP contribution is -2.34. The molecule has 3 aromatic rings. The van der Waals surface area contributed by atoms with Crippen LogP contribution in [0.1, 0.15) is 31.2 Å². The van der Waals surface area contributed by atoms with Gasteiger partial charge in [0.15, 0.2) is 4.77 Å². The number of aromatic amines is 1. The van der Waals surface area contributed by atoms with Crippen molar-refractivity contribution in [2.45, 2.75) is 38.8 Å². The van der Waals surface area contributed by atoms with Crippen LogP contribution < -0.4 is 15.6 Å². The van der Waals surface area contributed by atoms with Gasteiger partial charge < -0.3 is 15.0 Å². The predicted octanol–water partition coefficient (Wildman–Crippen LogP) is 4.25. The molecule has 8 heteroatoms. The first-order valence-corrected chi connectivity index (χ1v) is 11.4. The third kappa shape index (κ3) is 4.49. The highest BCUT2D eigenvalue weighted by Gasteiger charge is 2.27. The van der Waals surface area contributed by atoms with Gasteiger partial charge in [-0.25, -0.2) is 0 Å². The molecular formula is C22H25N3O3S2. The quantitative estimate of drug-likeness (QED) is 0.559. The molecule has 4 rings (SSSR count). The first kappa shape index (κ1) is 20.8. The molecule has 1 aromatic carbocycles. The molecule has 6 nitrogen and oxygen atoms in total. The van der Waals surface area contributed by atoms with Crippen molar-refractivity contribution in [2.75, 3.05) is 7.11 Å². The molecule has 0 atom stereocenters. The molecule has 0 spiro atoms. The van der Waals surface area contributed by atoms with Gasteiger partial charge in [-0.15, -0.1) is 11.3 Å². The van der Waals surface area contributed by atoms with Crippen LogP contribution in [0, 0.1) is 16.6 Å². The average Bonchev–Trinajstić information content (AvgIpc) is 3.24. The number of nitrogens with zero attached hydrogens (tertiary/aromatic N) is 1. The van der Waals surface area contributed by atoms with E-state index in [0.717, 1.165) is 42.5 Å². The molecule has 1 fully saturated rings. The molecule has 0 saturated heterocycles. The van der Waals surface area contributed by atoms with Gasteiger partial charge in [-0.05, 0) is 73.0 Å². The zero-order chi connectivity index (χ0) is 21.1. The Bertz CT molecular complexity index is 1160. The fourth-order valence-electron chi connectivity index (χ4n) is 4.12. The monoisotopic (exact) mass is 443 g/mol. The molecular weight excluding hydrogens is 418 g/mol. The number of methoxy groups -OCH3 is 1. The van der Waals surface area contributed by atoms with Crippen molar-refractivity contribution in [3.63, 3.8) is 0 Å². The molecule has 0 aliphatic heterocycles. The Morgan fingerprint density at radius 3 is 2.87 bits per heavy atom. The van der Waals surface area contributed by atoms with Gasteiger partial charge in [0.25, 0.3) is 5.56 Å². The van der Waals surface area contributed by atoms with Crippen molar-refractivity contribution in [1.82, 2.24) is 14.9 Å². The van der Waals surface area contributed by atoms with Crippen LogP contribution in [0.5, 0.6) is 5.75 Å². The lowest BCUT2D eigenvalue weighted by atomic mass is 9.81. The Morgan fingerprint density at radius 2 is 2.10 bits per heavy atom. The van der Waals surface area contributed by atoms with E-state index in [2.05, 4.69) is 10.3 Å². The highest BCUT2D eigenvalue weighted by molar-refractivity contribution is 7.71. The van der Waals surface area contributed by atoms with Gasteiger partial charge in [0.2, 0.25) is 5.91 Å². The zero-order valence-electron chi connectivity index (χ0n) is 16.8. The van der Waals surface area contributed by atoms with E-state index in [1.54, 1.807) is 11.7 Å². The Kier molecular flexibility index (Phi) is 6.34. The molecule has 2 N–H and O–H groups in total. The summed E-state index contributed by atoms with van der Waals surface area (Å²) in [5.74, 6) is 1.28. The summed E-state index contributed by atoms with van der Waals surface area (Å²) in [4.78, 5) is 28.5. The second-order valence-corrected chi connectivity index (χ2v) is 9.10. The Hall–Kier alpha value is -2.45. The van der Waals surface area contributed by atoms with E-state index < -0.39 is 0 Å². The van der Waals surface area contributed by atoms with E-state index in [1.165, 1.54) is 11.3 Å². The minimum Gasteiger partial charge on any atom is -0.497 e. The molecule has 1 aliphatic carbocycles. The zero-order valence-corrected chi connectivity index (χ0v) is 18.5. The maximum Gasteiger partial charge on any atom is 0.272 e. The van der Waals surface area contributed by atoms with Crippen molar-refractivity contribution < 1.29 is 9.53 Å². The van der Waals surface area contributed by atoms with E-state index in [1.807, 2.05) is 35.7 Å². The van der Waals surface area contributed by atoms with Crippen LogP contribution in [0.15, 0.2) is 40.5 Å². The third-order valence-electron chi connectivity index (χ3n) is 5.85. The van der Waals surface area contributed by atoms with Crippen LogP contribution in [-0.2, 0) is 17.9 Å². The van der Waals surface area contributed by atoms with Crippen LogP contribution in [0.2, 0.25) is 0 Å². The summed E-state index contributed by atoms with van der Waals surface area (Å²) in [6, 6.07) is 9.61. The van der Waals surface area contributed by atoms with Crippen LogP contribution in [0.4, 0.5) is 0 Å². The van der Waals surface area contributed by atoms with Crippen molar-refractivity contribution in [1.29, 1.82) is 0 Å². The summed E-state index contributed by atoms with van der Waals surface area (Å²) >= 11 is 6.84. The van der Waals surface area contributed by atoms with Crippen LogP contribution in [-0.4, -0.2) is 22.6 Å². The second kappa shape index (κ2) is 9.14. The molecule has 0 unspecified atom stereocenters. The number of benzene rings is 1. The van der Waals surface area contributed by atoms with Gasteiger partial charge in [0.05, 0.1) is 12.6 Å². The second-order valence-electron chi connectivity index (χ2n) is 7.80. The topological polar surface area (TPSA) is 76.1 Å². The molecule has 30 heavy (non-hydrogen) atoms. The Balaban J connectivity index is 1.32. The molecule has 1 aliphatic rings. The number of carbonyl (C=O) groups excluding carboxylic acids is 1. The molecule has 0 radical (unpaired) electrons. The molecule has 1 saturated carbocycles. The van der Waals surface area contributed by atoms with E-state index in [-0.39, 0.29) is 17.4 Å². The third-order valence-corrected chi connectivity index (χ3v) is 7.08. The lowest BCUT2D eigenvalue weighted by Gasteiger charge is -2.28. The summed E-state index contributed by atoms with van der Waals surface area (Å²) in [7, 11) is 1.63. The summed E-state index contributed by atoms with van der Waals surface area (Å²) in [5.41, 5.74) is 1.82. The van der Waals surface area contributed by atoms with E-state index in [0.29, 0.717) is 28.5 Å². The normalized spacial score (nSPS) is 19.0. The highest BCUT2D eigenvalue weighted by Crippen LogP contribution is 2.30. The van der Waals surface area contributed by atoms with Crippen LogP contribution in [0.25, 0.3) is 10.2 Å². The molecule has 1 amide bonds. The number of fused-ring (bicyclic) bond motifs is 1. The summed E-state index contributed by atoms with van der Waals surface area (Å²) in [5, 5.41) is 4.95. The highest BCUT2D eigenvalue weighted by atomic mass is 32.1. The van der Waals surface area contributed by atoms with Crippen molar-refractivity contribution in [3.05, 3.63) is 56.4 Å². The first-order chi connectivity index (χ1) is 14.5. The number of amides is 1. The van der Waals surface area contributed by atoms with Crippen LogP contribution in [0.3, 0.4) is 0 Å². The minimum atomic E-state index is -0.0121. The number of aromatic nitrogens is 2. The van der Waals surface area contributed by atoms with Gasteiger partial charge in [0, 0.05) is 19.0 Å². The maximum atomic E-state index is 12.7. The molecule has 2 heterocycles. The van der Waals surface area contributed by atoms with E-state index >= 15 is 0 Å². The van der Waals surface area contributed by atoms with Crippen molar-refractivity contribution >= 4 is 39.7 Å². The number of hydrogen-bond donors (Lipinski definition) is 2. The number of carbonyl (C=O) groups is 1. The Labute approximate surface area is 183 Å². The van der Waals surface area contributed by atoms with Gasteiger partial charge >= 0.3 is 0 Å². The SMILES string of the molecule is COc1cccc(CNC(=O)C2CCC(Cn3c(=S)[nH]c4ccsc4c3=O)CC2)c1. The summed E-state index contributed by atoms with van der Waals surface area (Å²) in [6.07, 6.45) is 3.50. The minimum absolute atomic E-state index is 0.0121. The van der Waals surface area contributed by atoms with Gasteiger partial charge in [0.1, 0.15) is 10.4 Å². The Morgan fingerprint density at radius 1 is 1.30 bits per heavy atom. The fraction of sp³-hybridized carbons (Fsp3) is 0.409. The number of thiophene rings is 1. The van der Waals surface area contributed by atoms with E-state index in [9.17, 15) is 9.59 Å². The number of hydrogen-bond acceptors (Lipinski definition) is 5. The fourth-order valence-corrected chi connectivity index (χ4v) is 5.18.